The number of ether oxygens (including phenoxy) is 1. The van der Waals surface area contributed by atoms with Gasteiger partial charge in [0.25, 0.3) is 0 Å². The van der Waals surface area contributed by atoms with Gasteiger partial charge in [0.1, 0.15) is 23.8 Å². The van der Waals surface area contributed by atoms with Gasteiger partial charge in [0.15, 0.2) is 5.78 Å². The van der Waals surface area contributed by atoms with Crippen molar-refractivity contribution in [3.63, 3.8) is 0 Å². The molecule has 1 unspecified atom stereocenters. The lowest BCUT2D eigenvalue weighted by Gasteiger charge is -2.38. The molecule has 0 fully saturated rings. The molecule has 258 valence electrons. The molecule has 9 heteroatoms. The Balaban J connectivity index is 1.26. The van der Waals surface area contributed by atoms with E-state index in [0.29, 0.717) is 77.8 Å². The van der Waals surface area contributed by atoms with Crippen LogP contribution in [0, 0.1) is 5.41 Å². The zero-order chi connectivity index (χ0) is 35.0. The molecule has 0 aromatic heterocycles. The van der Waals surface area contributed by atoms with Gasteiger partial charge < -0.3 is 20.1 Å². The number of carbonyl (C=O) groups excluding carboxylic acids is 3. The number of ketones is 1. The molecule has 0 spiro atoms. The number of aliphatic hydroxyl groups excluding tert-OH is 1. The van der Waals surface area contributed by atoms with Gasteiger partial charge in [-0.15, -0.1) is 0 Å². The number of carbonyl (C=O) groups is 3. The highest BCUT2D eigenvalue weighted by Crippen LogP contribution is 2.49. The summed E-state index contributed by atoms with van der Waals surface area (Å²) in [6.45, 7) is 5.04. The van der Waals surface area contributed by atoms with Crippen LogP contribution in [0.4, 0.5) is 5.69 Å². The number of hydrogen-bond donors (Lipinski definition) is 2. The highest BCUT2D eigenvalue weighted by atomic mass is 35.5. The number of anilines is 1. The fraction of sp³-hybridized carbons (Fsp3) is 0.341. The summed E-state index contributed by atoms with van der Waals surface area (Å²) in [5.41, 5.74) is 5.28. The van der Waals surface area contributed by atoms with E-state index < -0.39 is 6.04 Å². The van der Waals surface area contributed by atoms with Crippen molar-refractivity contribution in [1.82, 2.24) is 10.2 Å². The molecule has 0 saturated carbocycles. The van der Waals surface area contributed by atoms with E-state index in [-0.39, 0.29) is 41.6 Å². The molecule has 8 nitrogen and oxygen atoms in total. The lowest BCUT2D eigenvalue weighted by Crippen LogP contribution is -2.40. The summed E-state index contributed by atoms with van der Waals surface area (Å²) in [6, 6.07) is 22.2. The van der Waals surface area contributed by atoms with Crippen molar-refractivity contribution >= 4 is 34.9 Å². The van der Waals surface area contributed by atoms with Gasteiger partial charge in [-0.3, -0.25) is 19.3 Å². The molecule has 2 aliphatic carbocycles. The number of hydrogen-bond acceptors (Lipinski definition) is 6. The minimum Gasteiger partial charge on any atom is -0.510 e. The highest BCUT2D eigenvalue weighted by molar-refractivity contribution is 6.31. The molecule has 0 radical (unpaired) electrons. The second-order valence-corrected chi connectivity index (χ2v) is 14.7. The standard InChI is InChI=1S/C41H42ClN3O5/c1-41(2)23-31-38(35(47)24-41)40(29-18-17-28(22-30(29)42)50-25-26-10-4-3-5-11-26)45(33-15-8-16-34(46)39(33)43-31)37(49)20-19-36(48)44-21-9-13-27-12-6-7-14-32(27)44/h3-7,10-12,14-15,17-18,22,40,43,46H,8-9,13,16,19-21,23-25H2,1-2H3. The predicted octanol–water partition coefficient (Wildman–Crippen LogP) is 8.24. The smallest absolute Gasteiger partial charge is 0.228 e. The molecule has 2 aliphatic heterocycles. The maximum atomic E-state index is 14.7. The number of para-hydroxylation sites is 1. The summed E-state index contributed by atoms with van der Waals surface area (Å²) in [6.07, 6.45) is 5.35. The van der Waals surface area contributed by atoms with Crippen molar-refractivity contribution in [3.8, 4) is 5.75 Å². The Labute approximate surface area is 298 Å². The quantitative estimate of drug-likeness (QED) is 0.259. The predicted molar refractivity (Wildman–Crippen MR) is 193 cm³/mol. The average molecular weight is 692 g/mol. The van der Waals surface area contributed by atoms with Crippen LogP contribution in [0.3, 0.4) is 0 Å². The van der Waals surface area contributed by atoms with Crippen LogP contribution in [0.15, 0.2) is 107 Å². The van der Waals surface area contributed by atoms with Crippen LogP contribution in [-0.2, 0) is 27.4 Å². The van der Waals surface area contributed by atoms with Crippen LogP contribution >= 0.6 is 11.6 Å². The van der Waals surface area contributed by atoms with Gasteiger partial charge >= 0.3 is 0 Å². The Morgan fingerprint density at radius 3 is 2.54 bits per heavy atom. The number of fused-ring (bicyclic) bond motifs is 2. The van der Waals surface area contributed by atoms with Crippen LogP contribution in [0.5, 0.6) is 5.75 Å². The summed E-state index contributed by atoms with van der Waals surface area (Å²) < 4.78 is 6.07. The number of Topliss-reactive ketones (excluding diaryl/α,β-unsaturated/α-hetero) is 1. The monoisotopic (exact) mass is 691 g/mol. The lowest BCUT2D eigenvalue weighted by atomic mass is 9.73. The van der Waals surface area contributed by atoms with Gasteiger partial charge in [0.05, 0.1) is 11.7 Å². The number of aliphatic hydroxyl groups is 1. The van der Waals surface area contributed by atoms with Crippen LogP contribution in [0.25, 0.3) is 0 Å². The summed E-state index contributed by atoms with van der Waals surface area (Å²) in [5, 5.41) is 15.0. The van der Waals surface area contributed by atoms with Crippen molar-refractivity contribution in [1.29, 1.82) is 0 Å². The minimum atomic E-state index is -0.885. The molecule has 2 amide bonds. The molecule has 2 N–H and O–H groups in total. The Morgan fingerprint density at radius 2 is 1.74 bits per heavy atom. The lowest BCUT2D eigenvalue weighted by molar-refractivity contribution is -0.133. The average Bonchev–Trinajstić information content (AvgIpc) is 3.24. The Hall–Kier alpha value is -4.82. The second kappa shape index (κ2) is 13.8. The maximum Gasteiger partial charge on any atom is 0.228 e. The van der Waals surface area contributed by atoms with Crippen LogP contribution in [-0.4, -0.2) is 34.1 Å². The SMILES string of the molecule is CC1(C)CC(=O)C2=C(C1)NC1=C(O)CCC=C1N(C(=O)CCC(=O)N1CCCc3ccccc31)C2c1ccc(OCc2ccccc2)cc1Cl. The molecule has 50 heavy (non-hydrogen) atoms. The first-order valence-electron chi connectivity index (χ1n) is 17.4. The molecule has 0 bridgehead atoms. The summed E-state index contributed by atoms with van der Waals surface area (Å²) in [5.74, 6) is 0.133. The zero-order valence-electron chi connectivity index (χ0n) is 28.5. The van der Waals surface area contributed by atoms with Crippen LogP contribution < -0.4 is 15.0 Å². The van der Waals surface area contributed by atoms with Gasteiger partial charge in [-0.05, 0) is 66.0 Å². The number of benzene rings is 3. The molecule has 3 aromatic carbocycles. The largest absolute Gasteiger partial charge is 0.510 e. The van der Waals surface area contributed by atoms with Gasteiger partial charge in [-0.1, -0.05) is 86.1 Å². The number of nitrogens with one attached hydrogen (secondary N) is 1. The van der Waals surface area contributed by atoms with E-state index in [1.807, 2.05) is 86.7 Å². The molecule has 1 atom stereocenters. The van der Waals surface area contributed by atoms with E-state index in [0.717, 1.165) is 29.7 Å². The Bertz CT molecular complexity index is 1950. The first kappa shape index (κ1) is 33.7. The summed E-state index contributed by atoms with van der Waals surface area (Å²) >= 11 is 7.07. The van der Waals surface area contributed by atoms with Crippen LogP contribution in [0.2, 0.25) is 5.02 Å². The van der Waals surface area contributed by atoms with Crippen molar-refractivity contribution < 1.29 is 24.2 Å². The Kier molecular flexibility index (Phi) is 9.31. The van der Waals surface area contributed by atoms with Crippen LogP contribution in [0.1, 0.15) is 81.5 Å². The fourth-order valence-corrected chi connectivity index (χ4v) is 7.93. The third-order valence-corrected chi connectivity index (χ3v) is 10.3. The maximum absolute atomic E-state index is 14.7. The van der Waals surface area contributed by atoms with E-state index in [1.165, 1.54) is 0 Å². The number of rotatable bonds is 7. The first-order valence-corrected chi connectivity index (χ1v) is 17.8. The van der Waals surface area contributed by atoms with Gasteiger partial charge in [0.2, 0.25) is 11.8 Å². The van der Waals surface area contributed by atoms with Gasteiger partial charge in [0, 0.05) is 54.2 Å². The van der Waals surface area contributed by atoms with Crippen molar-refractivity contribution in [2.75, 3.05) is 11.4 Å². The molecule has 7 rings (SSSR count). The zero-order valence-corrected chi connectivity index (χ0v) is 29.3. The topological polar surface area (TPSA) is 99.2 Å². The molecule has 3 aromatic rings. The summed E-state index contributed by atoms with van der Waals surface area (Å²) in [7, 11) is 0. The summed E-state index contributed by atoms with van der Waals surface area (Å²) in [4.78, 5) is 45.9. The number of allylic oxidation sites excluding steroid dienone is 3. The van der Waals surface area contributed by atoms with Crippen molar-refractivity contribution in [2.45, 2.75) is 77.9 Å². The number of amides is 2. The Morgan fingerprint density at radius 1 is 0.980 bits per heavy atom. The molecule has 0 saturated heterocycles. The fourth-order valence-electron chi connectivity index (χ4n) is 7.65. The van der Waals surface area contributed by atoms with E-state index in [4.69, 9.17) is 16.3 Å². The molecular formula is C41H42ClN3O5. The first-order chi connectivity index (χ1) is 24.1. The minimum absolute atomic E-state index is 0.00496. The third-order valence-electron chi connectivity index (χ3n) is 10.00. The number of halogens is 1. The normalized spacial score (nSPS) is 19.9. The van der Waals surface area contributed by atoms with Crippen molar-refractivity contribution in [2.24, 2.45) is 5.41 Å². The number of nitrogens with zero attached hydrogens (tertiary/aromatic N) is 2. The van der Waals surface area contributed by atoms with Crippen molar-refractivity contribution in [3.05, 3.63) is 129 Å². The van der Waals surface area contributed by atoms with Gasteiger partial charge in [-0.2, -0.15) is 0 Å². The third kappa shape index (κ3) is 6.69. The van der Waals surface area contributed by atoms with Gasteiger partial charge in [-0.25, -0.2) is 0 Å². The molecule has 4 aliphatic rings. The molecular weight excluding hydrogens is 650 g/mol. The molecule has 2 heterocycles. The van der Waals surface area contributed by atoms with E-state index in [9.17, 15) is 19.5 Å². The number of aryl methyl sites for hydroxylation is 1. The highest BCUT2D eigenvalue weighted by Gasteiger charge is 2.45. The van der Waals surface area contributed by atoms with E-state index in [1.54, 1.807) is 15.9 Å². The van der Waals surface area contributed by atoms with E-state index in [2.05, 4.69) is 5.32 Å². The second-order valence-electron chi connectivity index (χ2n) is 14.3. The van der Waals surface area contributed by atoms with E-state index >= 15 is 0 Å².